The number of carbonyl (C=O) groups is 2. The van der Waals surface area contributed by atoms with Crippen LogP contribution in [0.15, 0.2) is 83.4 Å². The van der Waals surface area contributed by atoms with Crippen molar-refractivity contribution in [3.05, 3.63) is 95.2 Å². The van der Waals surface area contributed by atoms with E-state index in [1.165, 1.54) is 12.1 Å². The van der Waals surface area contributed by atoms with Crippen LogP contribution in [0.2, 0.25) is 0 Å². The summed E-state index contributed by atoms with van der Waals surface area (Å²) in [6, 6.07) is 21.0. The number of nitrogens with zero attached hydrogens (tertiary/aromatic N) is 2. The lowest BCUT2D eigenvalue weighted by molar-refractivity contribution is -0.113. The summed E-state index contributed by atoms with van der Waals surface area (Å²) in [6.45, 7) is 8.23. The molecule has 3 aromatic rings. The van der Waals surface area contributed by atoms with Gasteiger partial charge in [0.2, 0.25) is 5.78 Å². The number of allylic oxidation sites excluding steroid dienone is 1. The smallest absolute Gasteiger partial charge is 0.294 e. The van der Waals surface area contributed by atoms with Gasteiger partial charge in [0.25, 0.3) is 16.0 Å². The Kier molecular flexibility index (Phi) is 7.58. The maximum atomic E-state index is 13.3. The first-order valence-corrected chi connectivity index (χ1v) is 13.4. The molecule has 1 amide bonds. The number of rotatable bonds is 5. The van der Waals surface area contributed by atoms with Crippen molar-refractivity contribution >= 4 is 38.8 Å². The Hall–Kier alpha value is -3.79. The Morgan fingerprint density at radius 2 is 1.46 bits per heavy atom. The summed E-state index contributed by atoms with van der Waals surface area (Å²) < 4.78 is 29.6. The fraction of sp³-hybridized carbons (Fsp3) is 0.214. The molecule has 0 unspecified atom stereocenters. The van der Waals surface area contributed by atoms with E-state index in [2.05, 4.69) is 24.1 Å². The zero-order valence-corrected chi connectivity index (χ0v) is 21.7. The summed E-state index contributed by atoms with van der Waals surface area (Å²) in [5.41, 5.74) is 4.85. The number of ketones is 1. The summed E-state index contributed by atoms with van der Waals surface area (Å²) in [6.07, 6.45) is 0. The molecule has 2 aliphatic heterocycles. The highest BCUT2D eigenvalue weighted by atomic mass is 32.2. The van der Waals surface area contributed by atoms with Crippen molar-refractivity contribution in [1.29, 1.82) is 0 Å². The van der Waals surface area contributed by atoms with E-state index in [0.29, 0.717) is 23.5 Å². The quantitative estimate of drug-likeness (QED) is 0.375. The Morgan fingerprint density at radius 3 is 2.05 bits per heavy atom. The highest BCUT2D eigenvalue weighted by Crippen LogP contribution is 2.41. The van der Waals surface area contributed by atoms with Crippen LogP contribution in [0.1, 0.15) is 35.3 Å². The van der Waals surface area contributed by atoms with Gasteiger partial charge in [0.05, 0.1) is 22.8 Å². The maximum Gasteiger partial charge on any atom is 0.294 e. The van der Waals surface area contributed by atoms with Crippen molar-refractivity contribution in [2.24, 2.45) is 0 Å². The van der Waals surface area contributed by atoms with Crippen molar-refractivity contribution < 1.29 is 22.6 Å². The number of benzene rings is 3. The molecule has 5 rings (SSSR count). The number of hydrogen-bond acceptors (Lipinski definition) is 6. The number of aryl methyl sites for hydroxylation is 1. The van der Waals surface area contributed by atoms with Crippen LogP contribution >= 0.6 is 0 Å². The molecule has 0 radical (unpaired) electrons. The molecule has 2 N–H and O–H groups in total. The first kappa shape index (κ1) is 26.3. The van der Waals surface area contributed by atoms with E-state index in [-0.39, 0.29) is 16.6 Å². The summed E-state index contributed by atoms with van der Waals surface area (Å²) >= 11 is 0. The molecule has 192 valence electrons. The molecule has 37 heavy (non-hydrogen) atoms. The molecule has 0 saturated heterocycles. The average Bonchev–Trinajstić information content (AvgIpc) is 3.35. The van der Waals surface area contributed by atoms with Crippen molar-refractivity contribution in [2.75, 3.05) is 30.0 Å². The lowest BCUT2D eigenvalue weighted by atomic mass is 10.0. The van der Waals surface area contributed by atoms with Gasteiger partial charge in [-0.25, -0.2) is 0 Å². The predicted molar refractivity (Wildman–Crippen MR) is 144 cm³/mol. The molecule has 0 fully saturated rings. The number of Topliss-reactive ketones (excluding diaryl/α,β-unsaturated/α-hetero) is 1. The fourth-order valence-corrected chi connectivity index (χ4v) is 4.77. The molecule has 2 heterocycles. The van der Waals surface area contributed by atoms with E-state index in [0.717, 1.165) is 35.6 Å². The maximum absolute atomic E-state index is 13.3. The van der Waals surface area contributed by atoms with E-state index in [1.54, 1.807) is 23.1 Å². The Balaban J connectivity index is 0.000000245. The second-order valence-corrected chi connectivity index (χ2v) is 10.2. The van der Waals surface area contributed by atoms with Gasteiger partial charge < -0.3 is 5.32 Å². The van der Waals surface area contributed by atoms with Crippen LogP contribution in [0.25, 0.3) is 5.57 Å². The number of fused-ring (bicyclic) bond motifs is 2. The lowest BCUT2D eigenvalue weighted by Gasteiger charge is -2.25. The minimum absolute atomic E-state index is 0.0666. The van der Waals surface area contributed by atoms with Gasteiger partial charge in [0.1, 0.15) is 5.70 Å². The molecule has 0 atom stereocenters. The molecule has 0 spiro atoms. The van der Waals surface area contributed by atoms with E-state index in [9.17, 15) is 18.0 Å². The van der Waals surface area contributed by atoms with Crippen molar-refractivity contribution in [2.45, 2.75) is 25.7 Å². The summed E-state index contributed by atoms with van der Waals surface area (Å²) in [5.74, 6) is -0.245. The van der Waals surface area contributed by atoms with Crippen LogP contribution in [0.3, 0.4) is 0 Å². The zero-order valence-electron chi connectivity index (χ0n) is 20.9. The third-order valence-corrected chi connectivity index (χ3v) is 7.25. The second kappa shape index (κ2) is 10.7. The Bertz CT molecular complexity index is 1480. The van der Waals surface area contributed by atoms with E-state index >= 15 is 0 Å². The summed E-state index contributed by atoms with van der Waals surface area (Å²) in [5, 5.41) is 3.17. The Morgan fingerprint density at radius 1 is 0.865 bits per heavy atom. The number of carbonyl (C=O) groups excluding carboxylic acids is 2. The van der Waals surface area contributed by atoms with E-state index in [1.807, 2.05) is 49.4 Å². The van der Waals surface area contributed by atoms with Gasteiger partial charge in [0, 0.05) is 16.8 Å². The van der Waals surface area contributed by atoms with Crippen molar-refractivity contribution in [3.8, 4) is 0 Å². The normalized spacial score (nSPS) is 16.3. The number of hydrogen-bond donors (Lipinski definition) is 2. The third-order valence-electron chi connectivity index (χ3n) is 6.39. The minimum Gasteiger partial charge on any atom is -0.351 e. The summed E-state index contributed by atoms with van der Waals surface area (Å²) in [4.78, 5) is 30.0. The number of para-hydroxylation sites is 2. The van der Waals surface area contributed by atoms with Crippen LogP contribution in [-0.2, 0) is 14.9 Å². The van der Waals surface area contributed by atoms with Crippen LogP contribution < -0.4 is 10.2 Å². The SMILES string of the molecule is CCN(CC)CN1C(=O)/C(=C2\Nc3ccccc3C2=O)c2ccccc21.Cc1ccc(S(=O)(=O)O)cc1. The minimum atomic E-state index is -4.02. The molecule has 0 aliphatic carbocycles. The lowest BCUT2D eigenvalue weighted by Crippen LogP contribution is -2.39. The molecule has 0 aromatic heterocycles. The van der Waals surface area contributed by atoms with Crippen molar-refractivity contribution in [3.63, 3.8) is 0 Å². The van der Waals surface area contributed by atoms with Crippen molar-refractivity contribution in [1.82, 2.24) is 4.90 Å². The standard InChI is InChI=1S/C21H21N3O2.C7H8O3S/c1-3-23(4-2)13-24-17-12-8-6-10-15(17)18(21(24)26)19-20(25)14-9-5-7-11-16(14)22-19;1-6-2-4-7(5-3-6)11(8,9)10/h5-12,22H,3-4,13H2,1-2H3;2-5H,1H3,(H,8,9,10)/b19-18-;. The first-order valence-electron chi connectivity index (χ1n) is 12.0. The molecule has 9 heteroatoms. The number of anilines is 2. The summed E-state index contributed by atoms with van der Waals surface area (Å²) in [7, 11) is -4.02. The topological polar surface area (TPSA) is 107 Å². The first-order chi connectivity index (χ1) is 17.7. The highest BCUT2D eigenvalue weighted by Gasteiger charge is 2.39. The molecule has 0 bridgehead atoms. The molecule has 0 saturated carbocycles. The molecule has 2 aliphatic rings. The predicted octanol–water partition coefficient (Wildman–Crippen LogP) is 4.59. The van der Waals surface area contributed by atoms with Crippen LogP contribution in [0, 0.1) is 6.92 Å². The van der Waals surface area contributed by atoms with Gasteiger partial charge in [-0.2, -0.15) is 8.42 Å². The molecule has 8 nitrogen and oxygen atoms in total. The largest absolute Gasteiger partial charge is 0.351 e. The molecule has 3 aromatic carbocycles. The van der Waals surface area contributed by atoms with Gasteiger partial charge in [-0.05, 0) is 50.3 Å². The molecular weight excluding hydrogens is 490 g/mol. The van der Waals surface area contributed by atoms with E-state index in [4.69, 9.17) is 4.55 Å². The number of nitrogens with one attached hydrogen (secondary N) is 1. The van der Waals surface area contributed by atoms with Gasteiger partial charge in [0.15, 0.2) is 0 Å². The fourth-order valence-electron chi connectivity index (χ4n) is 4.29. The van der Waals surface area contributed by atoms with Gasteiger partial charge in [-0.1, -0.05) is 61.9 Å². The Labute approximate surface area is 217 Å². The van der Waals surface area contributed by atoms with Gasteiger partial charge >= 0.3 is 0 Å². The van der Waals surface area contributed by atoms with Crippen LogP contribution in [-0.4, -0.2) is 49.3 Å². The van der Waals surface area contributed by atoms with E-state index < -0.39 is 10.1 Å². The zero-order chi connectivity index (χ0) is 26.7. The van der Waals surface area contributed by atoms with Crippen LogP contribution in [0.4, 0.5) is 11.4 Å². The second-order valence-electron chi connectivity index (χ2n) is 8.73. The van der Waals surface area contributed by atoms with Gasteiger partial charge in [-0.3, -0.25) is 23.9 Å². The number of amides is 1. The third kappa shape index (κ3) is 5.34. The van der Waals surface area contributed by atoms with Crippen LogP contribution in [0.5, 0.6) is 0 Å². The molecular formula is C28H29N3O5S. The average molecular weight is 520 g/mol. The highest BCUT2D eigenvalue weighted by molar-refractivity contribution is 7.85. The van der Waals surface area contributed by atoms with Gasteiger partial charge in [-0.15, -0.1) is 0 Å². The monoisotopic (exact) mass is 519 g/mol.